The molecule has 3 heteroatoms. The fourth-order valence-electron chi connectivity index (χ4n) is 1.63. The smallest absolute Gasteiger partial charge is 0.303 e. The molecule has 0 aliphatic carbocycles. The molecule has 0 saturated heterocycles. The van der Waals surface area contributed by atoms with Crippen molar-refractivity contribution < 1.29 is 14.7 Å². The molecule has 0 rings (SSSR count). The fraction of sp³-hybridized carbons (Fsp3) is 0.600. The number of ketones is 1. The average Bonchev–Trinajstić information content (AvgIpc) is 2.25. The topological polar surface area (TPSA) is 54.4 Å². The minimum absolute atomic E-state index is 0.114. The van der Waals surface area contributed by atoms with Crippen molar-refractivity contribution >= 4 is 11.8 Å². The standard InChI is InChI=1S/C15H24O3/c1-11(2)14(9-7-13(4)16)8-5-12(3)6-10-15(17)18/h5,8,11,14H,3,6-7,9-10H2,1-2,4H3,(H,17,18). The minimum atomic E-state index is -0.804. The van der Waals surface area contributed by atoms with Gasteiger partial charge in [-0.1, -0.05) is 38.2 Å². The van der Waals surface area contributed by atoms with Gasteiger partial charge in [-0.2, -0.15) is 0 Å². The largest absolute Gasteiger partial charge is 0.481 e. The number of carbonyl (C=O) groups excluding carboxylic acids is 1. The molecule has 0 radical (unpaired) electrons. The summed E-state index contributed by atoms with van der Waals surface area (Å²) in [6.07, 6.45) is 5.97. The van der Waals surface area contributed by atoms with Gasteiger partial charge in [0.2, 0.25) is 0 Å². The highest BCUT2D eigenvalue weighted by Gasteiger charge is 2.10. The van der Waals surface area contributed by atoms with E-state index in [1.165, 1.54) is 0 Å². The second kappa shape index (κ2) is 8.67. The molecule has 0 aliphatic rings. The van der Waals surface area contributed by atoms with Crippen LogP contribution >= 0.6 is 0 Å². The predicted molar refractivity (Wildman–Crippen MR) is 73.4 cm³/mol. The fourth-order valence-corrected chi connectivity index (χ4v) is 1.63. The predicted octanol–water partition coefficient (Wildman–Crippen LogP) is 3.61. The van der Waals surface area contributed by atoms with Gasteiger partial charge in [0.25, 0.3) is 0 Å². The Morgan fingerprint density at radius 3 is 2.28 bits per heavy atom. The zero-order valence-electron chi connectivity index (χ0n) is 11.6. The van der Waals surface area contributed by atoms with Crippen molar-refractivity contribution in [3.8, 4) is 0 Å². The summed E-state index contributed by atoms with van der Waals surface area (Å²) in [5.74, 6) is 0.212. The summed E-state index contributed by atoms with van der Waals surface area (Å²) in [6.45, 7) is 9.68. The maximum atomic E-state index is 11.0. The summed E-state index contributed by atoms with van der Waals surface area (Å²) in [6, 6.07) is 0. The molecule has 0 aromatic carbocycles. The molecule has 0 spiro atoms. The van der Waals surface area contributed by atoms with E-state index in [0.717, 1.165) is 12.0 Å². The molecule has 0 aliphatic heterocycles. The highest BCUT2D eigenvalue weighted by molar-refractivity contribution is 5.75. The molecule has 0 amide bonds. The third-order valence-electron chi connectivity index (χ3n) is 2.93. The van der Waals surface area contributed by atoms with Gasteiger partial charge >= 0.3 is 5.97 Å². The van der Waals surface area contributed by atoms with Gasteiger partial charge in [0.15, 0.2) is 0 Å². The molecule has 0 bridgehead atoms. The van der Waals surface area contributed by atoms with Gasteiger partial charge in [-0.3, -0.25) is 4.79 Å². The minimum Gasteiger partial charge on any atom is -0.481 e. The molecule has 3 nitrogen and oxygen atoms in total. The quantitative estimate of drug-likeness (QED) is 0.638. The van der Waals surface area contributed by atoms with Gasteiger partial charge in [-0.05, 0) is 31.6 Å². The van der Waals surface area contributed by atoms with Crippen LogP contribution in [0.2, 0.25) is 0 Å². The molecule has 0 aromatic heterocycles. The molecule has 1 N–H and O–H groups in total. The van der Waals surface area contributed by atoms with E-state index in [-0.39, 0.29) is 12.2 Å². The van der Waals surface area contributed by atoms with Crippen LogP contribution < -0.4 is 0 Å². The van der Waals surface area contributed by atoms with E-state index >= 15 is 0 Å². The molecule has 0 saturated carbocycles. The van der Waals surface area contributed by atoms with Crippen molar-refractivity contribution in [1.82, 2.24) is 0 Å². The van der Waals surface area contributed by atoms with Crippen LogP contribution in [0.3, 0.4) is 0 Å². The van der Waals surface area contributed by atoms with Crippen LogP contribution in [0, 0.1) is 11.8 Å². The lowest BCUT2D eigenvalue weighted by atomic mass is 9.89. The monoisotopic (exact) mass is 252 g/mol. The van der Waals surface area contributed by atoms with E-state index in [2.05, 4.69) is 26.5 Å². The highest BCUT2D eigenvalue weighted by Crippen LogP contribution is 2.20. The number of rotatable bonds is 9. The summed E-state index contributed by atoms with van der Waals surface area (Å²) in [5.41, 5.74) is 0.825. The van der Waals surface area contributed by atoms with Crippen molar-refractivity contribution in [3.05, 3.63) is 24.3 Å². The Bertz CT molecular complexity index is 327. The third-order valence-corrected chi connectivity index (χ3v) is 2.93. The molecule has 0 fully saturated rings. The number of carbonyl (C=O) groups is 2. The first kappa shape index (κ1) is 16.6. The summed E-state index contributed by atoms with van der Waals surface area (Å²) in [4.78, 5) is 21.4. The van der Waals surface area contributed by atoms with Crippen molar-refractivity contribution in [2.75, 3.05) is 0 Å². The van der Waals surface area contributed by atoms with E-state index < -0.39 is 5.97 Å². The number of aliphatic carboxylic acids is 1. The van der Waals surface area contributed by atoms with E-state index in [0.29, 0.717) is 24.7 Å². The lowest BCUT2D eigenvalue weighted by Gasteiger charge is -2.16. The van der Waals surface area contributed by atoms with Crippen LogP contribution in [0.25, 0.3) is 0 Å². The Morgan fingerprint density at radius 1 is 1.22 bits per heavy atom. The number of allylic oxidation sites excluding steroid dienone is 3. The van der Waals surface area contributed by atoms with E-state index in [1.54, 1.807) is 6.92 Å². The molecule has 18 heavy (non-hydrogen) atoms. The maximum Gasteiger partial charge on any atom is 0.303 e. The average molecular weight is 252 g/mol. The first-order chi connectivity index (χ1) is 8.32. The van der Waals surface area contributed by atoms with Crippen LogP contribution in [0.5, 0.6) is 0 Å². The molecular weight excluding hydrogens is 228 g/mol. The lowest BCUT2D eigenvalue weighted by Crippen LogP contribution is -2.07. The van der Waals surface area contributed by atoms with E-state index in [9.17, 15) is 9.59 Å². The number of hydrogen-bond acceptors (Lipinski definition) is 2. The van der Waals surface area contributed by atoms with Gasteiger partial charge < -0.3 is 9.90 Å². The van der Waals surface area contributed by atoms with Crippen LogP contribution in [0.4, 0.5) is 0 Å². The molecular formula is C15H24O3. The van der Waals surface area contributed by atoms with Gasteiger partial charge in [0, 0.05) is 12.8 Å². The van der Waals surface area contributed by atoms with Crippen LogP contribution in [0.1, 0.15) is 46.5 Å². The molecule has 102 valence electrons. The summed E-state index contributed by atoms with van der Waals surface area (Å²) < 4.78 is 0. The van der Waals surface area contributed by atoms with Gasteiger partial charge in [-0.15, -0.1) is 0 Å². The summed E-state index contributed by atoms with van der Waals surface area (Å²) in [5, 5.41) is 8.57. The Hall–Kier alpha value is -1.38. The first-order valence-corrected chi connectivity index (χ1v) is 6.40. The summed E-state index contributed by atoms with van der Waals surface area (Å²) in [7, 11) is 0. The van der Waals surface area contributed by atoms with E-state index in [1.807, 2.05) is 6.08 Å². The van der Waals surface area contributed by atoms with Crippen molar-refractivity contribution in [1.29, 1.82) is 0 Å². The Kier molecular flexibility index (Phi) is 8.01. The number of hydrogen-bond donors (Lipinski definition) is 1. The zero-order chi connectivity index (χ0) is 14.1. The zero-order valence-corrected chi connectivity index (χ0v) is 11.6. The third kappa shape index (κ3) is 8.74. The summed E-state index contributed by atoms with van der Waals surface area (Å²) >= 11 is 0. The number of Topliss-reactive ketones (excluding diaryl/α,β-unsaturated/α-hetero) is 1. The molecule has 1 unspecified atom stereocenters. The molecule has 1 atom stereocenters. The SMILES string of the molecule is C=C(C=CC(CCC(C)=O)C(C)C)CCC(=O)O. The van der Waals surface area contributed by atoms with Crippen LogP contribution in [-0.2, 0) is 9.59 Å². The Balaban J connectivity index is 4.25. The van der Waals surface area contributed by atoms with Crippen molar-refractivity contribution in [3.63, 3.8) is 0 Å². The van der Waals surface area contributed by atoms with Crippen molar-refractivity contribution in [2.24, 2.45) is 11.8 Å². The maximum absolute atomic E-state index is 11.0. The van der Waals surface area contributed by atoms with Crippen molar-refractivity contribution in [2.45, 2.75) is 46.5 Å². The first-order valence-electron chi connectivity index (χ1n) is 6.40. The number of carboxylic acid groups (broad SMARTS) is 1. The second-order valence-electron chi connectivity index (χ2n) is 5.06. The Morgan fingerprint density at radius 2 is 1.83 bits per heavy atom. The Labute approximate surface area is 110 Å². The highest BCUT2D eigenvalue weighted by atomic mass is 16.4. The van der Waals surface area contributed by atoms with Gasteiger partial charge in [0.05, 0.1) is 0 Å². The van der Waals surface area contributed by atoms with Gasteiger partial charge in [0.1, 0.15) is 5.78 Å². The lowest BCUT2D eigenvalue weighted by molar-refractivity contribution is -0.137. The second-order valence-corrected chi connectivity index (χ2v) is 5.06. The van der Waals surface area contributed by atoms with Gasteiger partial charge in [-0.25, -0.2) is 0 Å². The van der Waals surface area contributed by atoms with E-state index in [4.69, 9.17) is 5.11 Å². The van der Waals surface area contributed by atoms with Crippen LogP contribution in [0.15, 0.2) is 24.3 Å². The normalized spacial score (nSPS) is 12.9. The number of carboxylic acids is 1. The van der Waals surface area contributed by atoms with Crippen LogP contribution in [-0.4, -0.2) is 16.9 Å². The molecule has 0 heterocycles. The molecule has 0 aromatic rings.